The molecule has 24 heavy (non-hydrogen) atoms. The molecule has 3 heteroatoms. The molecule has 0 aliphatic carbocycles. The lowest BCUT2D eigenvalue weighted by atomic mass is 10.1. The Hall–Kier alpha value is -1.77. The van der Waals surface area contributed by atoms with Gasteiger partial charge in [-0.1, -0.05) is 64.0 Å². The molecule has 0 saturated heterocycles. The highest BCUT2D eigenvalue weighted by molar-refractivity contribution is 5.45. The van der Waals surface area contributed by atoms with Crippen LogP contribution in [0.5, 0.6) is 5.75 Å². The van der Waals surface area contributed by atoms with E-state index >= 15 is 0 Å². The van der Waals surface area contributed by atoms with Crippen LogP contribution in [0.25, 0.3) is 5.69 Å². The van der Waals surface area contributed by atoms with Gasteiger partial charge in [0.25, 0.3) is 0 Å². The summed E-state index contributed by atoms with van der Waals surface area (Å²) in [5, 5.41) is 0. The number of nitrogens with zero attached hydrogens (tertiary/aromatic N) is 2. The molecular weight excluding hydrogens is 296 g/mol. The van der Waals surface area contributed by atoms with Crippen molar-refractivity contribution in [2.45, 2.75) is 71.3 Å². The summed E-state index contributed by atoms with van der Waals surface area (Å²) in [4.78, 5) is 0. The molecule has 2 rings (SSSR count). The van der Waals surface area contributed by atoms with Crippen LogP contribution in [0.15, 0.2) is 43.0 Å². The molecule has 1 aromatic carbocycles. The summed E-state index contributed by atoms with van der Waals surface area (Å²) in [6.07, 6.45) is 18.8. The maximum Gasteiger partial charge on any atom is 0.249 e. The highest BCUT2D eigenvalue weighted by Gasteiger charge is 2.11. The van der Waals surface area contributed by atoms with E-state index in [4.69, 9.17) is 4.74 Å². The van der Waals surface area contributed by atoms with Crippen LogP contribution in [0.3, 0.4) is 0 Å². The van der Waals surface area contributed by atoms with E-state index in [0.717, 1.165) is 18.0 Å². The molecular formula is C21H33N2O+. The summed E-state index contributed by atoms with van der Waals surface area (Å²) in [5.41, 5.74) is 1.09. The maximum atomic E-state index is 5.44. The van der Waals surface area contributed by atoms with Gasteiger partial charge in [0, 0.05) is 0 Å². The van der Waals surface area contributed by atoms with Crippen molar-refractivity contribution < 1.29 is 9.30 Å². The van der Waals surface area contributed by atoms with Crippen molar-refractivity contribution in [1.82, 2.24) is 4.57 Å². The number of hydrogen-bond donors (Lipinski definition) is 0. The Balaban J connectivity index is 1.67. The van der Waals surface area contributed by atoms with E-state index in [0.29, 0.717) is 0 Å². The van der Waals surface area contributed by atoms with Crippen LogP contribution in [0.1, 0.15) is 64.7 Å². The summed E-state index contributed by atoms with van der Waals surface area (Å²) in [6, 6.07) is 8.13. The lowest BCUT2D eigenvalue weighted by Crippen LogP contribution is -2.30. The highest BCUT2D eigenvalue weighted by atomic mass is 16.5. The van der Waals surface area contributed by atoms with Crippen LogP contribution in [0.4, 0.5) is 0 Å². The molecule has 0 spiro atoms. The number of benzene rings is 1. The van der Waals surface area contributed by atoms with E-state index in [1.54, 1.807) is 7.11 Å². The topological polar surface area (TPSA) is 18.0 Å². The van der Waals surface area contributed by atoms with E-state index in [2.05, 4.69) is 40.8 Å². The van der Waals surface area contributed by atoms with E-state index in [1.807, 2.05) is 18.2 Å². The van der Waals surface area contributed by atoms with Gasteiger partial charge in [0.15, 0.2) is 11.4 Å². The third kappa shape index (κ3) is 6.03. The first-order valence-electron chi connectivity index (χ1n) is 9.55. The minimum atomic E-state index is 0.906. The van der Waals surface area contributed by atoms with Crippen molar-refractivity contribution in [3.8, 4) is 11.4 Å². The van der Waals surface area contributed by atoms with Gasteiger partial charge in [0.1, 0.15) is 12.4 Å². The molecule has 0 atom stereocenters. The van der Waals surface area contributed by atoms with Crippen LogP contribution in [-0.2, 0) is 6.54 Å². The maximum absolute atomic E-state index is 5.44. The Morgan fingerprint density at radius 2 is 1.58 bits per heavy atom. The van der Waals surface area contributed by atoms with Gasteiger partial charge in [-0.25, -0.2) is 4.57 Å². The molecule has 1 heterocycles. The zero-order valence-corrected chi connectivity index (χ0v) is 15.4. The molecule has 0 amide bonds. The quantitative estimate of drug-likeness (QED) is 0.381. The minimum absolute atomic E-state index is 0.906. The number of unbranched alkanes of at least 4 members (excludes halogenated alkanes) is 8. The number of para-hydroxylation sites is 2. The van der Waals surface area contributed by atoms with Crippen LogP contribution >= 0.6 is 0 Å². The van der Waals surface area contributed by atoms with E-state index < -0.39 is 0 Å². The standard InChI is InChI=1S/C21H33N2O/c1-3-4-5-6-7-8-9-10-13-16-22-17-18-23(19-22)20-14-11-12-15-21(20)24-2/h11-12,14-15,17-19H,3-10,13,16H2,1-2H3/q+1. The zero-order chi connectivity index (χ0) is 17.0. The Morgan fingerprint density at radius 1 is 0.917 bits per heavy atom. The third-order valence-electron chi connectivity index (χ3n) is 4.57. The second-order valence-electron chi connectivity index (χ2n) is 6.56. The van der Waals surface area contributed by atoms with Gasteiger partial charge in [-0.2, -0.15) is 4.57 Å². The predicted molar refractivity (Wildman–Crippen MR) is 99.7 cm³/mol. The highest BCUT2D eigenvalue weighted by Crippen LogP contribution is 2.21. The van der Waals surface area contributed by atoms with Crippen molar-refractivity contribution in [3.63, 3.8) is 0 Å². The molecule has 0 aliphatic rings. The lowest BCUT2D eigenvalue weighted by molar-refractivity contribution is -0.696. The number of methoxy groups -OCH3 is 1. The average molecular weight is 330 g/mol. The summed E-state index contributed by atoms with van der Waals surface area (Å²) in [6.45, 7) is 3.37. The molecule has 0 N–H and O–H groups in total. The summed E-state index contributed by atoms with van der Waals surface area (Å²) in [7, 11) is 1.72. The second kappa shape index (κ2) is 10.9. The fourth-order valence-electron chi connectivity index (χ4n) is 3.12. The van der Waals surface area contributed by atoms with Crippen molar-refractivity contribution in [2.75, 3.05) is 7.11 Å². The largest absolute Gasteiger partial charge is 0.492 e. The summed E-state index contributed by atoms with van der Waals surface area (Å²) >= 11 is 0. The molecule has 0 aliphatic heterocycles. The van der Waals surface area contributed by atoms with Gasteiger partial charge in [-0.3, -0.25) is 0 Å². The minimum Gasteiger partial charge on any atom is -0.492 e. The molecule has 1 aromatic heterocycles. The number of aromatic nitrogens is 2. The van der Waals surface area contributed by atoms with Gasteiger partial charge < -0.3 is 4.74 Å². The number of imidazole rings is 1. The van der Waals surface area contributed by atoms with Crippen LogP contribution in [0, 0.1) is 0 Å². The molecule has 2 aromatic rings. The molecule has 0 bridgehead atoms. The number of hydrogen-bond acceptors (Lipinski definition) is 1. The van der Waals surface area contributed by atoms with E-state index in [-0.39, 0.29) is 0 Å². The first kappa shape index (κ1) is 18.6. The molecule has 0 fully saturated rings. The summed E-state index contributed by atoms with van der Waals surface area (Å²) in [5.74, 6) is 0.906. The van der Waals surface area contributed by atoms with Crippen molar-refractivity contribution in [1.29, 1.82) is 0 Å². The molecule has 0 radical (unpaired) electrons. The monoisotopic (exact) mass is 329 g/mol. The first-order valence-corrected chi connectivity index (χ1v) is 9.55. The van der Waals surface area contributed by atoms with Gasteiger partial charge in [-0.15, -0.1) is 0 Å². The third-order valence-corrected chi connectivity index (χ3v) is 4.57. The smallest absolute Gasteiger partial charge is 0.249 e. The Kier molecular flexibility index (Phi) is 8.43. The number of aryl methyl sites for hydroxylation is 1. The van der Waals surface area contributed by atoms with Crippen LogP contribution in [0.2, 0.25) is 0 Å². The zero-order valence-electron chi connectivity index (χ0n) is 15.4. The van der Waals surface area contributed by atoms with E-state index in [1.165, 1.54) is 57.8 Å². The fourth-order valence-corrected chi connectivity index (χ4v) is 3.12. The number of ether oxygens (including phenoxy) is 1. The Bertz CT molecular complexity index is 577. The normalized spacial score (nSPS) is 10.9. The molecule has 0 saturated carbocycles. The van der Waals surface area contributed by atoms with Gasteiger partial charge in [-0.05, 0) is 25.0 Å². The molecule has 132 valence electrons. The fraction of sp³-hybridized carbons (Fsp3) is 0.571. The Morgan fingerprint density at radius 3 is 2.29 bits per heavy atom. The van der Waals surface area contributed by atoms with Crippen molar-refractivity contribution in [3.05, 3.63) is 43.0 Å². The van der Waals surface area contributed by atoms with Gasteiger partial charge in [0.2, 0.25) is 6.33 Å². The van der Waals surface area contributed by atoms with Crippen LogP contribution < -0.4 is 9.30 Å². The van der Waals surface area contributed by atoms with E-state index in [9.17, 15) is 0 Å². The van der Waals surface area contributed by atoms with Crippen LogP contribution in [-0.4, -0.2) is 11.7 Å². The molecule has 0 unspecified atom stereocenters. The predicted octanol–water partition coefficient (Wildman–Crippen LogP) is 5.30. The number of rotatable bonds is 12. The van der Waals surface area contributed by atoms with Gasteiger partial charge in [0.05, 0.1) is 13.7 Å². The van der Waals surface area contributed by atoms with Crippen molar-refractivity contribution >= 4 is 0 Å². The van der Waals surface area contributed by atoms with Gasteiger partial charge >= 0.3 is 0 Å². The lowest BCUT2D eigenvalue weighted by Gasteiger charge is -2.03. The average Bonchev–Trinajstić information content (AvgIpc) is 3.09. The van der Waals surface area contributed by atoms with Crippen molar-refractivity contribution in [2.24, 2.45) is 0 Å². The first-order chi connectivity index (χ1) is 11.8. The second-order valence-corrected chi connectivity index (χ2v) is 6.56. The Labute approximate surface area is 147 Å². The summed E-state index contributed by atoms with van der Waals surface area (Å²) < 4.78 is 9.84. The molecule has 3 nitrogen and oxygen atoms in total. The SMILES string of the molecule is CCCCCCCCCCC[n+]1ccn(-c2ccccc2OC)c1.